The van der Waals surface area contributed by atoms with Gasteiger partial charge in [-0.1, -0.05) is 53.4 Å². The zero-order valence-corrected chi connectivity index (χ0v) is 13.7. The summed E-state index contributed by atoms with van der Waals surface area (Å²) >= 11 is 1.59. The molecule has 1 fully saturated rings. The highest BCUT2D eigenvalue weighted by atomic mass is 32.2. The zero-order chi connectivity index (χ0) is 14.7. The number of thioether (sulfide) groups is 1. The van der Waals surface area contributed by atoms with E-state index in [4.69, 9.17) is 0 Å². The molecule has 1 atom stereocenters. The third kappa shape index (κ3) is 6.46. The van der Waals surface area contributed by atoms with Crippen LogP contribution in [0.2, 0.25) is 0 Å². The number of carbonyl (C=O) groups is 2. The molecule has 0 saturated carbocycles. The molecule has 112 valence electrons. The Bertz CT molecular complexity index is 269. The van der Waals surface area contributed by atoms with Crippen LogP contribution in [0, 0.1) is 0 Å². The average molecular weight is 287 g/mol. The molecule has 3 nitrogen and oxygen atoms in total. The first-order valence-corrected chi connectivity index (χ1v) is 8.71. The van der Waals surface area contributed by atoms with Crippen LogP contribution >= 0.6 is 11.8 Å². The monoisotopic (exact) mass is 287 g/mol. The number of hydrogen-bond acceptors (Lipinski definition) is 3. The van der Waals surface area contributed by atoms with Gasteiger partial charge in [0.05, 0.1) is 5.25 Å². The highest BCUT2D eigenvalue weighted by Gasteiger charge is 2.37. The zero-order valence-electron chi connectivity index (χ0n) is 12.9. The van der Waals surface area contributed by atoms with E-state index >= 15 is 0 Å². The molecule has 0 radical (unpaired) electrons. The molecule has 1 rings (SSSR count). The fourth-order valence-corrected chi connectivity index (χ4v) is 3.03. The molecular weight excluding hydrogens is 258 g/mol. The fraction of sp³-hybridized carbons (Fsp3) is 0.867. The molecule has 19 heavy (non-hydrogen) atoms. The maximum atomic E-state index is 11.9. The van der Waals surface area contributed by atoms with Crippen molar-refractivity contribution < 1.29 is 9.59 Å². The minimum atomic E-state index is -0.108. The van der Waals surface area contributed by atoms with Crippen molar-refractivity contribution in [2.24, 2.45) is 0 Å². The summed E-state index contributed by atoms with van der Waals surface area (Å²) < 4.78 is 0. The molecule has 2 amide bonds. The molecule has 0 aliphatic carbocycles. The number of nitrogens with zero attached hydrogens (tertiary/aromatic N) is 1. The van der Waals surface area contributed by atoms with Gasteiger partial charge in [0.25, 0.3) is 0 Å². The van der Waals surface area contributed by atoms with Gasteiger partial charge in [0.2, 0.25) is 11.8 Å². The lowest BCUT2D eigenvalue weighted by Crippen LogP contribution is -2.32. The molecule has 0 N–H and O–H groups in total. The molecule has 1 unspecified atom stereocenters. The van der Waals surface area contributed by atoms with Crippen molar-refractivity contribution in [2.45, 2.75) is 71.5 Å². The Labute approximate surface area is 122 Å². The molecule has 4 heteroatoms. The molecular formula is C15H29NO2S. The molecule has 1 saturated heterocycles. The van der Waals surface area contributed by atoms with Crippen molar-refractivity contribution in [1.82, 2.24) is 4.90 Å². The van der Waals surface area contributed by atoms with Crippen molar-refractivity contribution in [1.29, 1.82) is 0 Å². The van der Waals surface area contributed by atoms with Crippen molar-refractivity contribution in [3.63, 3.8) is 0 Å². The van der Waals surface area contributed by atoms with E-state index < -0.39 is 0 Å². The van der Waals surface area contributed by atoms with Crippen LogP contribution in [0.15, 0.2) is 0 Å². The van der Waals surface area contributed by atoms with Gasteiger partial charge in [0.1, 0.15) is 0 Å². The van der Waals surface area contributed by atoms with Gasteiger partial charge < -0.3 is 0 Å². The predicted molar refractivity (Wildman–Crippen MR) is 83.4 cm³/mol. The van der Waals surface area contributed by atoms with Crippen LogP contribution < -0.4 is 0 Å². The number of unbranched alkanes of at least 4 members (excludes halogenated alkanes) is 4. The van der Waals surface area contributed by atoms with E-state index in [1.165, 1.54) is 24.2 Å². The molecule has 1 heterocycles. The Morgan fingerprint density at radius 3 is 2.32 bits per heavy atom. The molecule has 0 aromatic carbocycles. The van der Waals surface area contributed by atoms with Crippen LogP contribution in [0.4, 0.5) is 0 Å². The number of imide groups is 1. The molecule has 0 bridgehead atoms. The Balaban J connectivity index is 0.00000154. The van der Waals surface area contributed by atoms with Crippen LogP contribution in [0.1, 0.15) is 66.2 Å². The van der Waals surface area contributed by atoms with Gasteiger partial charge in [-0.15, -0.1) is 11.8 Å². The van der Waals surface area contributed by atoms with E-state index in [0.29, 0.717) is 13.0 Å². The first-order chi connectivity index (χ1) is 9.20. The number of rotatable bonds is 8. The van der Waals surface area contributed by atoms with E-state index in [9.17, 15) is 9.59 Å². The van der Waals surface area contributed by atoms with Crippen molar-refractivity contribution in [3.8, 4) is 0 Å². The normalized spacial score (nSPS) is 18.5. The predicted octanol–water partition coefficient (Wildman–Crippen LogP) is 3.86. The number of likely N-dealkylation sites (tertiary alicyclic amines) is 1. The van der Waals surface area contributed by atoms with Gasteiger partial charge in [0.15, 0.2) is 0 Å². The second-order valence-electron chi connectivity index (χ2n) is 4.45. The summed E-state index contributed by atoms with van der Waals surface area (Å²) in [6.45, 7) is 8.83. The smallest absolute Gasteiger partial charge is 0.242 e. The highest BCUT2D eigenvalue weighted by Crippen LogP contribution is 2.25. The van der Waals surface area contributed by atoms with E-state index in [1.54, 1.807) is 11.8 Å². The maximum absolute atomic E-state index is 11.9. The Kier molecular flexibility index (Phi) is 11.0. The fourth-order valence-electron chi connectivity index (χ4n) is 2.09. The van der Waals surface area contributed by atoms with Crippen LogP contribution in [0.5, 0.6) is 0 Å². The first kappa shape index (κ1) is 18.5. The van der Waals surface area contributed by atoms with Gasteiger partial charge >= 0.3 is 0 Å². The lowest BCUT2D eigenvalue weighted by molar-refractivity contribution is -0.138. The summed E-state index contributed by atoms with van der Waals surface area (Å²) in [5.41, 5.74) is 0. The third-order valence-corrected chi connectivity index (χ3v) is 4.16. The largest absolute Gasteiger partial charge is 0.282 e. The molecule has 1 aliphatic heterocycles. The summed E-state index contributed by atoms with van der Waals surface area (Å²) in [5, 5.41) is -0.108. The van der Waals surface area contributed by atoms with Crippen LogP contribution in [0.25, 0.3) is 0 Å². The van der Waals surface area contributed by atoms with Crippen LogP contribution in [-0.4, -0.2) is 34.3 Å². The standard InChI is InChI=1S/C13H23NO2S.C2H6/c1-3-5-6-7-8-9-14-12(15)10-11(13(14)16)17-4-2;1-2/h11H,3-10H2,1-2H3;1-2H3. The van der Waals surface area contributed by atoms with Gasteiger partial charge in [-0.2, -0.15) is 0 Å². The summed E-state index contributed by atoms with van der Waals surface area (Å²) in [5.74, 6) is 0.961. The molecule has 0 aromatic heterocycles. The lowest BCUT2D eigenvalue weighted by Gasteiger charge is -2.14. The summed E-state index contributed by atoms with van der Waals surface area (Å²) in [6, 6.07) is 0. The average Bonchev–Trinajstić information content (AvgIpc) is 2.68. The SMILES string of the molecule is CC.CCCCCCCN1C(=O)CC(SCC)C1=O. The Morgan fingerprint density at radius 2 is 1.74 bits per heavy atom. The molecule has 0 spiro atoms. The lowest BCUT2D eigenvalue weighted by atomic mass is 10.1. The number of hydrogen-bond donors (Lipinski definition) is 0. The van der Waals surface area contributed by atoms with Gasteiger partial charge in [-0.25, -0.2) is 0 Å². The first-order valence-electron chi connectivity index (χ1n) is 7.66. The van der Waals surface area contributed by atoms with E-state index in [1.807, 2.05) is 20.8 Å². The summed E-state index contributed by atoms with van der Waals surface area (Å²) in [4.78, 5) is 25.1. The number of carbonyl (C=O) groups excluding carboxylic acids is 2. The molecule has 0 aromatic rings. The summed E-state index contributed by atoms with van der Waals surface area (Å²) in [6.07, 6.45) is 6.16. The maximum Gasteiger partial charge on any atom is 0.242 e. The van der Waals surface area contributed by atoms with Gasteiger partial charge in [0, 0.05) is 13.0 Å². The topological polar surface area (TPSA) is 37.4 Å². The van der Waals surface area contributed by atoms with E-state index in [0.717, 1.165) is 18.6 Å². The van der Waals surface area contributed by atoms with E-state index in [2.05, 4.69) is 6.92 Å². The second kappa shape index (κ2) is 11.3. The van der Waals surface area contributed by atoms with Crippen LogP contribution in [-0.2, 0) is 9.59 Å². The Morgan fingerprint density at radius 1 is 1.11 bits per heavy atom. The third-order valence-electron chi connectivity index (χ3n) is 3.06. The van der Waals surface area contributed by atoms with E-state index in [-0.39, 0.29) is 17.1 Å². The quantitative estimate of drug-likeness (QED) is 0.502. The molecule has 1 aliphatic rings. The minimum absolute atomic E-state index is 0.0245. The number of amides is 2. The van der Waals surface area contributed by atoms with Crippen molar-refractivity contribution in [2.75, 3.05) is 12.3 Å². The Hall–Kier alpha value is -0.510. The minimum Gasteiger partial charge on any atom is -0.282 e. The van der Waals surface area contributed by atoms with Crippen LogP contribution in [0.3, 0.4) is 0 Å². The highest BCUT2D eigenvalue weighted by molar-refractivity contribution is 8.00. The second-order valence-corrected chi connectivity index (χ2v) is 5.93. The van der Waals surface area contributed by atoms with Gasteiger partial charge in [-0.3, -0.25) is 14.5 Å². The van der Waals surface area contributed by atoms with Crippen molar-refractivity contribution >= 4 is 23.6 Å². The summed E-state index contributed by atoms with van der Waals surface area (Å²) in [7, 11) is 0. The van der Waals surface area contributed by atoms with Crippen molar-refractivity contribution in [3.05, 3.63) is 0 Å². The van der Waals surface area contributed by atoms with Gasteiger partial charge in [-0.05, 0) is 12.2 Å².